The minimum absolute atomic E-state index is 0.0264. The molecule has 0 unspecified atom stereocenters. The van der Waals surface area contributed by atoms with E-state index in [1.807, 2.05) is 18.7 Å². The van der Waals surface area contributed by atoms with Gasteiger partial charge in [-0.05, 0) is 25.0 Å². The Labute approximate surface area is 159 Å². The van der Waals surface area contributed by atoms with Crippen molar-refractivity contribution in [2.45, 2.75) is 32.7 Å². The van der Waals surface area contributed by atoms with E-state index in [-0.39, 0.29) is 30.2 Å². The Morgan fingerprint density at radius 2 is 2.00 bits per heavy atom. The second kappa shape index (κ2) is 10.1. The Morgan fingerprint density at radius 3 is 2.59 bits per heavy atom. The van der Waals surface area contributed by atoms with Crippen LogP contribution in [0, 0.1) is 17.6 Å². The average Bonchev–Trinajstić information content (AvgIpc) is 2.66. The summed E-state index contributed by atoms with van der Waals surface area (Å²) in [5, 5.41) is 6.48. The zero-order valence-electron chi connectivity index (χ0n) is 16.1. The molecule has 1 aliphatic rings. The number of nitrogens with zero attached hydrogens (tertiary/aromatic N) is 2. The molecule has 0 bridgehead atoms. The van der Waals surface area contributed by atoms with Crippen molar-refractivity contribution in [3.8, 4) is 5.75 Å². The molecule has 1 heterocycles. The van der Waals surface area contributed by atoms with E-state index < -0.39 is 11.6 Å². The second-order valence-corrected chi connectivity index (χ2v) is 6.82. The molecule has 0 saturated carbocycles. The Hall–Kier alpha value is -2.38. The summed E-state index contributed by atoms with van der Waals surface area (Å²) < 4.78 is 31.4. The van der Waals surface area contributed by atoms with E-state index in [0.29, 0.717) is 12.5 Å². The topological polar surface area (TPSA) is 66.0 Å². The Balaban J connectivity index is 1.69. The molecule has 150 valence electrons. The molecular formula is C19H28F2N4O2. The fraction of sp³-hybridized carbons (Fsp3) is 0.579. The van der Waals surface area contributed by atoms with Crippen LogP contribution in [0.3, 0.4) is 0 Å². The van der Waals surface area contributed by atoms with Crippen LogP contribution < -0.4 is 15.4 Å². The van der Waals surface area contributed by atoms with Crippen molar-refractivity contribution in [3.63, 3.8) is 0 Å². The van der Waals surface area contributed by atoms with Gasteiger partial charge in [0.15, 0.2) is 17.6 Å². The van der Waals surface area contributed by atoms with E-state index >= 15 is 0 Å². The van der Waals surface area contributed by atoms with Crippen LogP contribution in [-0.2, 0) is 4.79 Å². The first kappa shape index (κ1) is 20.9. The molecule has 0 aromatic heterocycles. The molecule has 1 aromatic carbocycles. The highest BCUT2D eigenvalue weighted by molar-refractivity contribution is 5.80. The molecule has 1 aliphatic heterocycles. The van der Waals surface area contributed by atoms with Gasteiger partial charge in [0.25, 0.3) is 0 Å². The summed E-state index contributed by atoms with van der Waals surface area (Å²) in [4.78, 5) is 18.1. The van der Waals surface area contributed by atoms with Crippen LogP contribution >= 0.6 is 0 Å². The molecule has 1 aromatic rings. The monoisotopic (exact) mass is 382 g/mol. The van der Waals surface area contributed by atoms with Crippen molar-refractivity contribution in [3.05, 3.63) is 29.8 Å². The Kier molecular flexibility index (Phi) is 7.82. The highest BCUT2D eigenvalue weighted by Gasteiger charge is 2.24. The molecule has 0 radical (unpaired) electrons. The van der Waals surface area contributed by atoms with Gasteiger partial charge < -0.3 is 20.3 Å². The van der Waals surface area contributed by atoms with Crippen molar-refractivity contribution in [2.75, 3.05) is 33.3 Å². The maximum absolute atomic E-state index is 13.1. The second-order valence-electron chi connectivity index (χ2n) is 6.82. The van der Waals surface area contributed by atoms with Gasteiger partial charge in [0.05, 0.1) is 6.54 Å². The Bertz CT molecular complexity index is 659. The first-order valence-electron chi connectivity index (χ1n) is 9.24. The van der Waals surface area contributed by atoms with Crippen LogP contribution in [0.25, 0.3) is 0 Å². The van der Waals surface area contributed by atoms with E-state index in [2.05, 4.69) is 15.6 Å². The average molecular weight is 382 g/mol. The highest BCUT2D eigenvalue weighted by atomic mass is 19.2. The summed E-state index contributed by atoms with van der Waals surface area (Å²) >= 11 is 0. The molecular weight excluding hydrogens is 354 g/mol. The number of amides is 1. The van der Waals surface area contributed by atoms with Gasteiger partial charge in [0.1, 0.15) is 12.4 Å². The molecule has 8 heteroatoms. The minimum Gasteiger partial charge on any atom is -0.492 e. The normalized spacial score (nSPS) is 15.8. The maximum atomic E-state index is 13.1. The van der Waals surface area contributed by atoms with E-state index in [4.69, 9.17) is 4.74 Å². The van der Waals surface area contributed by atoms with Crippen molar-refractivity contribution in [1.82, 2.24) is 15.5 Å². The third-order valence-electron chi connectivity index (χ3n) is 4.42. The number of piperidine rings is 1. The number of rotatable bonds is 6. The number of aliphatic imine (C=N–C) groups is 1. The van der Waals surface area contributed by atoms with E-state index in [0.717, 1.165) is 38.1 Å². The van der Waals surface area contributed by atoms with Gasteiger partial charge in [-0.1, -0.05) is 13.8 Å². The molecule has 0 spiro atoms. The minimum atomic E-state index is -0.930. The van der Waals surface area contributed by atoms with Crippen molar-refractivity contribution < 1.29 is 18.3 Å². The molecule has 1 saturated heterocycles. The smallest absolute Gasteiger partial charge is 0.225 e. The number of ether oxygens (including phenoxy) is 1. The van der Waals surface area contributed by atoms with E-state index in [1.165, 1.54) is 6.07 Å². The fourth-order valence-corrected chi connectivity index (χ4v) is 2.90. The van der Waals surface area contributed by atoms with Crippen molar-refractivity contribution in [1.29, 1.82) is 0 Å². The van der Waals surface area contributed by atoms with E-state index in [1.54, 1.807) is 7.05 Å². The standard InChI is InChI=1S/C19H28F2N4O2/c1-13(2)18(26)25-9-6-14(7-10-25)24-19(22-3)23-8-11-27-15-4-5-16(20)17(21)12-15/h4-5,12-14H,6-11H2,1-3H3,(H2,22,23,24). The largest absolute Gasteiger partial charge is 0.492 e. The number of hydrogen-bond donors (Lipinski definition) is 2. The maximum Gasteiger partial charge on any atom is 0.225 e. The third kappa shape index (κ3) is 6.37. The number of likely N-dealkylation sites (tertiary alicyclic amines) is 1. The number of guanidine groups is 1. The zero-order valence-corrected chi connectivity index (χ0v) is 16.1. The van der Waals surface area contributed by atoms with Gasteiger partial charge >= 0.3 is 0 Å². The molecule has 27 heavy (non-hydrogen) atoms. The summed E-state index contributed by atoms with van der Waals surface area (Å²) in [5.74, 6) is -0.673. The zero-order chi connectivity index (χ0) is 19.8. The lowest BCUT2D eigenvalue weighted by molar-refractivity contribution is -0.135. The van der Waals surface area contributed by atoms with Crippen LogP contribution in [0.5, 0.6) is 5.75 Å². The molecule has 1 fully saturated rings. The number of benzene rings is 1. The summed E-state index contributed by atoms with van der Waals surface area (Å²) in [7, 11) is 1.68. The first-order valence-corrected chi connectivity index (χ1v) is 9.24. The Morgan fingerprint density at radius 1 is 1.30 bits per heavy atom. The molecule has 6 nitrogen and oxygen atoms in total. The molecule has 0 aliphatic carbocycles. The van der Waals surface area contributed by atoms with Crippen LogP contribution in [0.15, 0.2) is 23.2 Å². The van der Waals surface area contributed by atoms with Crippen LogP contribution in [-0.4, -0.2) is 56.1 Å². The van der Waals surface area contributed by atoms with E-state index in [9.17, 15) is 13.6 Å². The lowest BCUT2D eigenvalue weighted by atomic mass is 10.0. The van der Waals surface area contributed by atoms with Gasteiger partial charge in [0.2, 0.25) is 5.91 Å². The van der Waals surface area contributed by atoms with Crippen LogP contribution in [0.2, 0.25) is 0 Å². The van der Waals surface area contributed by atoms with Crippen LogP contribution in [0.1, 0.15) is 26.7 Å². The van der Waals surface area contributed by atoms with Crippen LogP contribution in [0.4, 0.5) is 8.78 Å². The number of carbonyl (C=O) groups is 1. The third-order valence-corrected chi connectivity index (χ3v) is 4.42. The first-order chi connectivity index (χ1) is 12.9. The number of nitrogens with one attached hydrogen (secondary N) is 2. The number of hydrogen-bond acceptors (Lipinski definition) is 3. The number of carbonyl (C=O) groups excluding carboxylic acids is 1. The van der Waals surface area contributed by atoms with Gasteiger partial charge in [-0.25, -0.2) is 8.78 Å². The molecule has 2 rings (SSSR count). The molecule has 2 N–H and O–H groups in total. The van der Waals surface area contributed by atoms with Gasteiger partial charge in [-0.2, -0.15) is 0 Å². The lowest BCUT2D eigenvalue weighted by Gasteiger charge is -2.34. The predicted octanol–water partition coefficient (Wildman–Crippen LogP) is 2.16. The summed E-state index contributed by atoms with van der Waals surface area (Å²) in [5.41, 5.74) is 0. The highest BCUT2D eigenvalue weighted by Crippen LogP contribution is 2.15. The molecule has 0 atom stereocenters. The lowest BCUT2D eigenvalue weighted by Crippen LogP contribution is -2.50. The van der Waals surface area contributed by atoms with Gasteiger partial charge in [-0.15, -0.1) is 0 Å². The summed E-state index contributed by atoms with van der Waals surface area (Å²) in [6.07, 6.45) is 1.73. The van der Waals surface area contributed by atoms with Crippen molar-refractivity contribution in [2.24, 2.45) is 10.9 Å². The molecule has 1 amide bonds. The summed E-state index contributed by atoms with van der Waals surface area (Å²) in [6.45, 7) is 6.06. The summed E-state index contributed by atoms with van der Waals surface area (Å²) in [6, 6.07) is 3.70. The number of halogens is 2. The quantitative estimate of drug-likeness (QED) is 0.450. The SMILES string of the molecule is CN=C(NCCOc1ccc(F)c(F)c1)NC1CCN(C(=O)C(C)C)CC1. The van der Waals surface area contributed by atoms with Gasteiger partial charge in [-0.3, -0.25) is 9.79 Å². The fourth-order valence-electron chi connectivity index (χ4n) is 2.90. The predicted molar refractivity (Wildman–Crippen MR) is 101 cm³/mol. The van der Waals surface area contributed by atoms with Gasteiger partial charge in [0, 0.05) is 38.2 Å². The van der Waals surface area contributed by atoms with Crippen molar-refractivity contribution >= 4 is 11.9 Å².